The number of carbonyl (C=O) groups is 1. The summed E-state index contributed by atoms with van der Waals surface area (Å²) in [6.07, 6.45) is 3.07. The summed E-state index contributed by atoms with van der Waals surface area (Å²) in [5, 5.41) is 6.10. The van der Waals surface area contributed by atoms with E-state index in [9.17, 15) is 9.18 Å². The maximum absolute atomic E-state index is 13.7. The van der Waals surface area contributed by atoms with E-state index in [-0.39, 0.29) is 22.9 Å². The Bertz CT molecular complexity index is 970. The minimum Gasteiger partial charge on any atom is -0.368 e. The number of imidazole rings is 1. The molecule has 2 N–H and O–H groups in total. The van der Waals surface area contributed by atoms with Crippen molar-refractivity contribution in [2.75, 3.05) is 18.4 Å². The minimum absolute atomic E-state index is 0.109. The molecule has 3 rings (SSSR count). The SMILES string of the molecule is Cc1ncn(-c2cc(NCCNC(=O)Cc3c(F)cccc3Cl)ncn2)c1C. The van der Waals surface area contributed by atoms with E-state index in [1.54, 1.807) is 18.5 Å². The molecule has 2 heterocycles. The highest BCUT2D eigenvalue weighted by Gasteiger charge is 2.11. The highest BCUT2D eigenvalue weighted by molar-refractivity contribution is 6.31. The number of amides is 1. The molecule has 0 radical (unpaired) electrons. The molecule has 2 aromatic heterocycles. The lowest BCUT2D eigenvalue weighted by molar-refractivity contribution is -0.120. The molecule has 0 fully saturated rings. The summed E-state index contributed by atoms with van der Waals surface area (Å²) in [4.78, 5) is 24.7. The highest BCUT2D eigenvalue weighted by atomic mass is 35.5. The van der Waals surface area contributed by atoms with E-state index in [1.165, 1.54) is 18.5 Å². The van der Waals surface area contributed by atoms with Gasteiger partial charge in [0.1, 0.15) is 30.1 Å². The van der Waals surface area contributed by atoms with Gasteiger partial charge in [-0.05, 0) is 26.0 Å². The Labute approximate surface area is 167 Å². The number of benzene rings is 1. The monoisotopic (exact) mass is 402 g/mol. The Morgan fingerprint density at radius 2 is 2.04 bits per heavy atom. The van der Waals surface area contributed by atoms with Gasteiger partial charge in [-0.2, -0.15) is 0 Å². The quantitative estimate of drug-likeness (QED) is 0.593. The fourth-order valence-electron chi connectivity index (χ4n) is 2.62. The van der Waals surface area contributed by atoms with Crippen LogP contribution in [0, 0.1) is 19.7 Å². The van der Waals surface area contributed by atoms with Crippen LogP contribution in [0.15, 0.2) is 36.9 Å². The predicted molar refractivity (Wildman–Crippen MR) is 105 cm³/mol. The summed E-state index contributed by atoms with van der Waals surface area (Å²) in [6.45, 7) is 4.71. The molecule has 0 aliphatic carbocycles. The van der Waals surface area contributed by atoms with Crippen LogP contribution in [-0.2, 0) is 11.2 Å². The van der Waals surface area contributed by atoms with Crippen LogP contribution in [0.5, 0.6) is 0 Å². The van der Waals surface area contributed by atoms with Gasteiger partial charge in [-0.15, -0.1) is 0 Å². The number of carbonyl (C=O) groups excluding carboxylic acids is 1. The van der Waals surface area contributed by atoms with Gasteiger partial charge in [0.05, 0.1) is 12.1 Å². The van der Waals surface area contributed by atoms with Crippen LogP contribution in [0.4, 0.5) is 10.2 Å². The van der Waals surface area contributed by atoms with Gasteiger partial charge in [0.15, 0.2) is 0 Å². The Kier molecular flexibility index (Phi) is 6.20. The van der Waals surface area contributed by atoms with E-state index in [0.717, 1.165) is 11.4 Å². The second-order valence-corrected chi connectivity index (χ2v) is 6.61. The number of hydrogen-bond acceptors (Lipinski definition) is 5. The molecule has 0 aliphatic rings. The molecule has 0 saturated heterocycles. The summed E-state index contributed by atoms with van der Waals surface area (Å²) in [6, 6.07) is 6.15. The first kappa shape index (κ1) is 19.8. The van der Waals surface area contributed by atoms with Gasteiger partial charge in [0.25, 0.3) is 0 Å². The Balaban J connectivity index is 1.51. The average Bonchev–Trinajstić information content (AvgIpc) is 3.01. The zero-order valence-electron chi connectivity index (χ0n) is 15.5. The molecule has 0 bridgehead atoms. The maximum Gasteiger partial charge on any atom is 0.224 e. The molecule has 9 heteroatoms. The highest BCUT2D eigenvalue weighted by Crippen LogP contribution is 2.19. The third kappa shape index (κ3) is 4.64. The van der Waals surface area contributed by atoms with Crippen molar-refractivity contribution in [1.82, 2.24) is 24.8 Å². The van der Waals surface area contributed by atoms with Crippen molar-refractivity contribution in [2.45, 2.75) is 20.3 Å². The van der Waals surface area contributed by atoms with Gasteiger partial charge >= 0.3 is 0 Å². The van der Waals surface area contributed by atoms with Gasteiger partial charge in [-0.25, -0.2) is 19.3 Å². The third-order valence-electron chi connectivity index (χ3n) is 4.30. The van der Waals surface area contributed by atoms with Crippen molar-refractivity contribution in [2.24, 2.45) is 0 Å². The van der Waals surface area contributed by atoms with E-state index in [2.05, 4.69) is 25.6 Å². The van der Waals surface area contributed by atoms with E-state index < -0.39 is 5.82 Å². The number of rotatable bonds is 7. The van der Waals surface area contributed by atoms with Crippen molar-refractivity contribution in [3.63, 3.8) is 0 Å². The van der Waals surface area contributed by atoms with E-state index in [4.69, 9.17) is 11.6 Å². The normalized spacial score (nSPS) is 10.7. The van der Waals surface area contributed by atoms with Crippen molar-refractivity contribution in [3.05, 3.63) is 64.7 Å². The van der Waals surface area contributed by atoms with Crippen LogP contribution in [0.3, 0.4) is 0 Å². The van der Waals surface area contributed by atoms with Crippen LogP contribution in [0.25, 0.3) is 5.82 Å². The second kappa shape index (κ2) is 8.79. The number of aryl methyl sites for hydroxylation is 1. The number of nitrogens with one attached hydrogen (secondary N) is 2. The first-order valence-electron chi connectivity index (χ1n) is 8.72. The first-order valence-corrected chi connectivity index (χ1v) is 9.10. The summed E-state index contributed by atoms with van der Waals surface area (Å²) >= 11 is 5.94. The Morgan fingerprint density at radius 1 is 1.21 bits per heavy atom. The lowest BCUT2D eigenvalue weighted by Gasteiger charge is -2.10. The molecular weight excluding hydrogens is 383 g/mol. The van der Waals surface area contributed by atoms with E-state index in [1.807, 2.05) is 18.4 Å². The molecule has 0 aliphatic heterocycles. The standard InChI is InChI=1S/C19H20ClFN6O/c1-12-13(2)27(11-26-12)18-9-17(24-10-25-18)22-6-7-23-19(28)8-14-15(20)4-3-5-16(14)21/h3-5,9-11H,6-8H2,1-2H3,(H,23,28)(H,22,24,25). The van der Waals surface area contributed by atoms with Crippen molar-refractivity contribution >= 4 is 23.3 Å². The first-order chi connectivity index (χ1) is 13.5. The van der Waals surface area contributed by atoms with Crippen LogP contribution < -0.4 is 10.6 Å². The van der Waals surface area contributed by atoms with Crippen LogP contribution in [0.2, 0.25) is 5.02 Å². The van der Waals surface area contributed by atoms with Gasteiger partial charge in [-0.3, -0.25) is 9.36 Å². The number of nitrogens with zero attached hydrogens (tertiary/aromatic N) is 4. The zero-order chi connectivity index (χ0) is 20.1. The third-order valence-corrected chi connectivity index (χ3v) is 4.66. The lowest BCUT2D eigenvalue weighted by Crippen LogP contribution is -2.30. The molecule has 1 amide bonds. The zero-order valence-corrected chi connectivity index (χ0v) is 16.3. The van der Waals surface area contributed by atoms with Crippen molar-refractivity contribution < 1.29 is 9.18 Å². The fourth-order valence-corrected chi connectivity index (χ4v) is 2.85. The van der Waals surface area contributed by atoms with Gasteiger partial charge < -0.3 is 10.6 Å². The number of halogens is 2. The summed E-state index contributed by atoms with van der Waals surface area (Å²) in [5.41, 5.74) is 2.13. The fraction of sp³-hybridized carbons (Fsp3) is 0.263. The van der Waals surface area contributed by atoms with Crippen molar-refractivity contribution in [3.8, 4) is 5.82 Å². The second-order valence-electron chi connectivity index (χ2n) is 6.20. The lowest BCUT2D eigenvalue weighted by atomic mass is 10.1. The van der Waals surface area contributed by atoms with Crippen molar-refractivity contribution in [1.29, 1.82) is 0 Å². The summed E-state index contributed by atoms with van der Waals surface area (Å²) in [5.74, 6) is 0.539. The predicted octanol–water partition coefficient (Wildman–Crippen LogP) is 2.84. The number of aromatic nitrogens is 4. The number of hydrogen-bond donors (Lipinski definition) is 2. The molecule has 3 aromatic rings. The molecule has 1 aromatic carbocycles. The van der Waals surface area contributed by atoms with E-state index in [0.29, 0.717) is 24.7 Å². The summed E-state index contributed by atoms with van der Waals surface area (Å²) < 4.78 is 15.6. The molecule has 0 unspecified atom stereocenters. The largest absolute Gasteiger partial charge is 0.368 e. The molecule has 7 nitrogen and oxygen atoms in total. The molecule has 28 heavy (non-hydrogen) atoms. The van der Waals surface area contributed by atoms with Crippen LogP contribution >= 0.6 is 11.6 Å². The average molecular weight is 403 g/mol. The summed E-state index contributed by atoms with van der Waals surface area (Å²) in [7, 11) is 0. The Morgan fingerprint density at radius 3 is 2.75 bits per heavy atom. The molecule has 0 atom stereocenters. The molecule has 0 saturated carbocycles. The van der Waals surface area contributed by atoms with Crippen LogP contribution in [-0.4, -0.2) is 38.5 Å². The van der Waals surface area contributed by atoms with Crippen LogP contribution in [0.1, 0.15) is 17.0 Å². The molecule has 0 spiro atoms. The minimum atomic E-state index is -0.487. The van der Waals surface area contributed by atoms with Gasteiger partial charge in [0, 0.05) is 35.4 Å². The number of anilines is 1. The topological polar surface area (TPSA) is 84.7 Å². The molecule has 146 valence electrons. The van der Waals surface area contributed by atoms with Gasteiger partial charge in [-0.1, -0.05) is 17.7 Å². The maximum atomic E-state index is 13.7. The smallest absolute Gasteiger partial charge is 0.224 e. The van der Waals surface area contributed by atoms with E-state index >= 15 is 0 Å². The molecular formula is C19H20ClFN6O. The Hall–Kier alpha value is -3.00. The van der Waals surface area contributed by atoms with Gasteiger partial charge in [0.2, 0.25) is 5.91 Å².